The molecule has 31 heavy (non-hydrogen) atoms. The average Bonchev–Trinajstić information content (AvgIpc) is 2.79. The fourth-order valence-electron chi connectivity index (χ4n) is 3.86. The van der Waals surface area contributed by atoms with Gasteiger partial charge < -0.3 is 9.16 Å². The minimum atomic E-state index is -2.69. The Balaban J connectivity index is 1.79. The van der Waals surface area contributed by atoms with Crippen molar-refractivity contribution in [1.82, 2.24) is 0 Å². The second-order valence-electron chi connectivity index (χ2n) is 8.34. The van der Waals surface area contributed by atoms with Crippen LogP contribution in [0.25, 0.3) is 0 Å². The molecule has 0 aliphatic rings. The molecule has 0 saturated carbocycles. The van der Waals surface area contributed by atoms with Gasteiger partial charge in [-0.25, -0.2) is 4.79 Å². The molecule has 3 aromatic rings. The highest BCUT2D eigenvalue weighted by atomic mass is 28.4. The largest absolute Gasteiger partial charge is 0.457 e. The Morgan fingerprint density at radius 2 is 1.16 bits per heavy atom. The first-order valence-electron chi connectivity index (χ1n) is 10.4. The Labute approximate surface area is 185 Å². The Morgan fingerprint density at radius 3 is 1.61 bits per heavy atom. The maximum atomic E-state index is 12.2. The normalized spacial score (nSPS) is 11.7. The molecular weight excluding hydrogens is 404 g/mol. The molecule has 4 nitrogen and oxygen atoms in total. The van der Waals surface area contributed by atoms with E-state index in [0.29, 0.717) is 5.56 Å². The van der Waals surface area contributed by atoms with Gasteiger partial charge >= 0.3 is 5.97 Å². The molecule has 0 fully saturated rings. The molecular formula is C26H28O4Si. The first-order valence-corrected chi connectivity index (χ1v) is 12.3. The molecule has 3 aromatic carbocycles. The highest BCUT2D eigenvalue weighted by Gasteiger charge is 2.50. The molecule has 0 heterocycles. The SMILES string of the molecule is CC(C)(C)[Si](OCCOC(=O)C(=O)c1ccccc1)(c1ccccc1)c1ccccc1. The third-order valence-electron chi connectivity index (χ3n) is 5.27. The van der Waals surface area contributed by atoms with Gasteiger partial charge in [-0.05, 0) is 15.4 Å². The van der Waals surface area contributed by atoms with Crippen molar-refractivity contribution >= 4 is 30.4 Å². The molecule has 0 aliphatic carbocycles. The van der Waals surface area contributed by atoms with Crippen molar-refractivity contribution < 1.29 is 18.8 Å². The minimum absolute atomic E-state index is 0.0158. The number of ether oxygens (including phenoxy) is 1. The van der Waals surface area contributed by atoms with Gasteiger partial charge in [-0.1, -0.05) is 112 Å². The summed E-state index contributed by atoms with van der Waals surface area (Å²) in [7, 11) is -2.69. The monoisotopic (exact) mass is 432 g/mol. The molecule has 0 aliphatic heterocycles. The predicted octanol–water partition coefficient (Wildman–Crippen LogP) is 3.99. The van der Waals surface area contributed by atoms with Crippen LogP contribution >= 0.6 is 0 Å². The number of ketones is 1. The van der Waals surface area contributed by atoms with Gasteiger partial charge in [-0.15, -0.1) is 0 Å². The van der Waals surface area contributed by atoms with Crippen LogP contribution in [0.4, 0.5) is 0 Å². The zero-order valence-electron chi connectivity index (χ0n) is 18.2. The fourth-order valence-corrected chi connectivity index (χ4v) is 8.41. The van der Waals surface area contributed by atoms with E-state index in [0.717, 1.165) is 10.4 Å². The molecule has 5 heteroatoms. The van der Waals surface area contributed by atoms with Crippen molar-refractivity contribution in [2.45, 2.75) is 25.8 Å². The summed E-state index contributed by atoms with van der Waals surface area (Å²) in [5.41, 5.74) is 0.320. The molecule has 0 atom stereocenters. The number of Topliss-reactive ketones (excluding diaryl/α,β-unsaturated/α-hetero) is 1. The predicted molar refractivity (Wildman–Crippen MR) is 125 cm³/mol. The van der Waals surface area contributed by atoms with Crippen LogP contribution in [0.2, 0.25) is 5.04 Å². The third kappa shape index (κ3) is 5.01. The van der Waals surface area contributed by atoms with Crippen LogP contribution in [0.1, 0.15) is 31.1 Å². The van der Waals surface area contributed by atoms with Crippen LogP contribution < -0.4 is 10.4 Å². The van der Waals surface area contributed by atoms with Gasteiger partial charge in [0.1, 0.15) is 6.61 Å². The molecule has 0 radical (unpaired) electrons. The molecule has 0 unspecified atom stereocenters. The van der Waals surface area contributed by atoms with Gasteiger partial charge in [0.2, 0.25) is 0 Å². The minimum Gasteiger partial charge on any atom is -0.457 e. The Morgan fingerprint density at radius 1 is 0.710 bits per heavy atom. The van der Waals surface area contributed by atoms with Gasteiger partial charge in [0.25, 0.3) is 14.1 Å². The van der Waals surface area contributed by atoms with Crippen molar-refractivity contribution in [2.75, 3.05) is 13.2 Å². The quantitative estimate of drug-likeness (QED) is 0.178. The van der Waals surface area contributed by atoms with Crippen molar-refractivity contribution in [1.29, 1.82) is 0 Å². The third-order valence-corrected chi connectivity index (χ3v) is 10.3. The second-order valence-corrected chi connectivity index (χ2v) is 12.6. The Kier molecular flexibility index (Phi) is 7.20. The van der Waals surface area contributed by atoms with Crippen LogP contribution in [0, 0.1) is 0 Å². The lowest BCUT2D eigenvalue weighted by molar-refractivity contribution is -0.138. The second kappa shape index (κ2) is 9.86. The number of esters is 1. The summed E-state index contributed by atoms with van der Waals surface area (Å²) >= 11 is 0. The molecule has 0 bridgehead atoms. The molecule has 0 N–H and O–H groups in total. The van der Waals surface area contributed by atoms with E-state index in [4.69, 9.17) is 9.16 Å². The van der Waals surface area contributed by atoms with Crippen molar-refractivity contribution in [3.05, 3.63) is 96.6 Å². The van der Waals surface area contributed by atoms with E-state index < -0.39 is 20.1 Å². The fraction of sp³-hybridized carbons (Fsp3) is 0.231. The van der Waals surface area contributed by atoms with Crippen molar-refractivity contribution in [3.63, 3.8) is 0 Å². The van der Waals surface area contributed by atoms with Crippen LogP contribution in [-0.4, -0.2) is 33.3 Å². The molecule has 0 aromatic heterocycles. The van der Waals surface area contributed by atoms with E-state index >= 15 is 0 Å². The van der Waals surface area contributed by atoms with E-state index in [1.54, 1.807) is 30.3 Å². The van der Waals surface area contributed by atoms with Gasteiger partial charge in [0.05, 0.1) is 6.61 Å². The van der Waals surface area contributed by atoms with Gasteiger partial charge in [0.15, 0.2) is 0 Å². The molecule has 0 spiro atoms. The zero-order valence-corrected chi connectivity index (χ0v) is 19.2. The number of carbonyl (C=O) groups is 2. The summed E-state index contributed by atoms with van der Waals surface area (Å²) in [6.07, 6.45) is 0. The summed E-state index contributed by atoms with van der Waals surface area (Å²) in [5.74, 6) is -1.51. The number of benzene rings is 3. The molecule has 3 rings (SSSR count). The summed E-state index contributed by atoms with van der Waals surface area (Å²) in [5, 5.41) is 2.14. The van der Waals surface area contributed by atoms with Crippen LogP contribution in [-0.2, 0) is 14.0 Å². The van der Waals surface area contributed by atoms with E-state index in [1.807, 2.05) is 36.4 Å². The summed E-state index contributed by atoms with van der Waals surface area (Å²) in [6.45, 7) is 6.78. The van der Waals surface area contributed by atoms with Gasteiger partial charge in [0, 0.05) is 5.56 Å². The summed E-state index contributed by atoms with van der Waals surface area (Å²) < 4.78 is 11.9. The lowest BCUT2D eigenvalue weighted by atomic mass is 10.1. The highest BCUT2D eigenvalue weighted by Crippen LogP contribution is 2.36. The Bertz CT molecular complexity index is 956. The number of hydrogen-bond acceptors (Lipinski definition) is 4. The van der Waals surface area contributed by atoms with E-state index in [1.165, 1.54) is 0 Å². The highest BCUT2D eigenvalue weighted by molar-refractivity contribution is 6.99. The average molecular weight is 433 g/mol. The standard InChI is InChI=1S/C26H28O4Si/c1-26(2,3)31(22-15-9-5-10-16-22,23-17-11-6-12-18-23)30-20-19-29-25(28)24(27)21-13-7-4-8-14-21/h4-18H,19-20H2,1-3H3. The van der Waals surface area contributed by atoms with E-state index in [2.05, 4.69) is 45.0 Å². The lowest BCUT2D eigenvalue weighted by Gasteiger charge is -2.43. The van der Waals surface area contributed by atoms with Crippen LogP contribution in [0.15, 0.2) is 91.0 Å². The lowest BCUT2D eigenvalue weighted by Crippen LogP contribution is -2.66. The summed E-state index contributed by atoms with van der Waals surface area (Å²) in [4.78, 5) is 24.4. The van der Waals surface area contributed by atoms with E-state index in [-0.39, 0.29) is 18.3 Å². The maximum Gasteiger partial charge on any atom is 0.379 e. The first kappa shape index (κ1) is 22.7. The van der Waals surface area contributed by atoms with Crippen LogP contribution in [0.3, 0.4) is 0 Å². The number of carbonyl (C=O) groups excluding carboxylic acids is 2. The summed E-state index contributed by atoms with van der Waals surface area (Å²) in [6, 6.07) is 28.9. The Hall–Kier alpha value is -3.02. The van der Waals surface area contributed by atoms with Gasteiger partial charge in [-0.2, -0.15) is 0 Å². The number of hydrogen-bond donors (Lipinski definition) is 0. The molecule has 0 amide bonds. The maximum absolute atomic E-state index is 12.2. The zero-order chi connectivity index (χ0) is 22.3. The van der Waals surface area contributed by atoms with E-state index in [9.17, 15) is 9.59 Å². The topological polar surface area (TPSA) is 52.6 Å². The number of rotatable bonds is 8. The molecule has 0 saturated heterocycles. The molecule has 160 valence electrons. The smallest absolute Gasteiger partial charge is 0.379 e. The van der Waals surface area contributed by atoms with Crippen molar-refractivity contribution in [3.8, 4) is 0 Å². The van der Waals surface area contributed by atoms with Gasteiger partial charge in [-0.3, -0.25) is 4.79 Å². The van der Waals surface area contributed by atoms with Crippen molar-refractivity contribution in [2.24, 2.45) is 0 Å². The van der Waals surface area contributed by atoms with Crippen LogP contribution in [0.5, 0.6) is 0 Å². The first-order chi connectivity index (χ1) is 14.9.